The van der Waals surface area contributed by atoms with Crippen molar-refractivity contribution in [2.45, 2.75) is 51.9 Å². The smallest absolute Gasteiger partial charge is 0.374 e. The Kier molecular flexibility index (Phi) is 6.91. The number of nitrogens with zero attached hydrogens (tertiary/aromatic N) is 1. The van der Waals surface area contributed by atoms with Crippen LogP contribution in [-0.4, -0.2) is 18.6 Å². The molecule has 0 amide bonds. The van der Waals surface area contributed by atoms with Crippen LogP contribution in [0.15, 0.2) is 0 Å². The van der Waals surface area contributed by atoms with Crippen molar-refractivity contribution < 1.29 is 17.9 Å². The Labute approximate surface area is 121 Å². The standard InChI is InChI=1S/C13H21F3N2OS/c1-4-6-9(19-3)12-18-11(13(14,15)16)10(20-12)8-17-7-5-2/h9,17H,4-8H2,1-3H3. The molecule has 1 aromatic rings. The lowest BCUT2D eigenvalue weighted by Crippen LogP contribution is -2.17. The van der Waals surface area contributed by atoms with Crippen LogP contribution in [0, 0.1) is 0 Å². The fraction of sp³-hybridized carbons (Fsp3) is 0.769. The van der Waals surface area contributed by atoms with Gasteiger partial charge in [-0.2, -0.15) is 13.2 Å². The maximum absolute atomic E-state index is 13.0. The molecule has 0 aliphatic rings. The third-order valence-electron chi connectivity index (χ3n) is 2.81. The van der Waals surface area contributed by atoms with E-state index in [1.54, 1.807) is 0 Å². The second-order valence-corrected chi connectivity index (χ2v) is 5.63. The summed E-state index contributed by atoms with van der Waals surface area (Å²) in [4.78, 5) is 4.01. The number of thiazole rings is 1. The summed E-state index contributed by atoms with van der Waals surface area (Å²) in [6.07, 6.45) is -2.39. The average molecular weight is 310 g/mol. The fourth-order valence-corrected chi connectivity index (χ4v) is 3.00. The van der Waals surface area contributed by atoms with E-state index in [0.29, 0.717) is 18.0 Å². The summed E-state index contributed by atoms with van der Waals surface area (Å²) in [6, 6.07) is 0. The van der Waals surface area contributed by atoms with Crippen LogP contribution in [0.3, 0.4) is 0 Å². The summed E-state index contributed by atoms with van der Waals surface area (Å²) < 4.78 is 44.2. The molecule has 0 saturated heterocycles. The molecule has 0 radical (unpaired) electrons. The van der Waals surface area contributed by atoms with Crippen molar-refractivity contribution in [1.29, 1.82) is 0 Å². The SMILES string of the molecule is CCCNCc1sc(C(CCC)OC)nc1C(F)(F)F. The van der Waals surface area contributed by atoms with Gasteiger partial charge in [0.15, 0.2) is 5.69 Å². The van der Waals surface area contributed by atoms with Gasteiger partial charge in [-0.15, -0.1) is 11.3 Å². The molecule has 1 rings (SSSR count). The minimum absolute atomic E-state index is 0.197. The first-order valence-electron chi connectivity index (χ1n) is 6.74. The number of rotatable bonds is 8. The molecule has 1 unspecified atom stereocenters. The van der Waals surface area contributed by atoms with Crippen molar-refractivity contribution in [2.75, 3.05) is 13.7 Å². The van der Waals surface area contributed by atoms with Crippen LogP contribution >= 0.6 is 11.3 Å². The van der Waals surface area contributed by atoms with Crippen LogP contribution in [0.1, 0.15) is 54.8 Å². The number of hydrogen-bond acceptors (Lipinski definition) is 4. The van der Waals surface area contributed by atoms with Crippen molar-refractivity contribution in [3.05, 3.63) is 15.6 Å². The Bertz CT molecular complexity index is 407. The highest BCUT2D eigenvalue weighted by molar-refractivity contribution is 7.11. The van der Waals surface area contributed by atoms with Gasteiger partial charge in [0, 0.05) is 13.7 Å². The molecule has 0 aliphatic heterocycles. The predicted octanol–water partition coefficient (Wildman–Crippen LogP) is 4.15. The van der Waals surface area contributed by atoms with E-state index in [2.05, 4.69) is 10.3 Å². The number of halogens is 3. The zero-order chi connectivity index (χ0) is 15.2. The lowest BCUT2D eigenvalue weighted by Gasteiger charge is -2.10. The molecule has 0 fully saturated rings. The Balaban J connectivity index is 2.98. The molecule has 1 aromatic heterocycles. The number of alkyl halides is 3. The second kappa shape index (κ2) is 7.95. The van der Waals surface area contributed by atoms with Crippen LogP contribution in [-0.2, 0) is 17.5 Å². The van der Waals surface area contributed by atoms with E-state index in [9.17, 15) is 13.2 Å². The Hall–Kier alpha value is -0.660. The highest BCUT2D eigenvalue weighted by Gasteiger charge is 2.38. The number of nitrogens with one attached hydrogen (secondary N) is 1. The number of ether oxygens (including phenoxy) is 1. The van der Waals surface area contributed by atoms with E-state index in [1.165, 1.54) is 7.11 Å². The molecular formula is C13H21F3N2OS. The van der Waals surface area contributed by atoms with Gasteiger partial charge in [0.1, 0.15) is 11.1 Å². The number of hydrogen-bond donors (Lipinski definition) is 1. The van der Waals surface area contributed by atoms with Crippen molar-refractivity contribution >= 4 is 11.3 Å². The van der Waals surface area contributed by atoms with E-state index in [-0.39, 0.29) is 17.5 Å². The molecule has 1 atom stereocenters. The highest BCUT2D eigenvalue weighted by atomic mass is 32.1. The lowest BCUT2D eigenvalue weighted by molar-refractivity contribution is -0.141. The van der Waals surface area contributed by atoms with Gasteiger partial charge >= 0.3 is 6.18 Å². The Morgan fingerprint density at radius 2 is 2.00 bits per heavy atom. The summed E-state index contributed by atoms with van der Waals surface area (Å²) in [7, 11) is 1.50. The van der Waals surface area contributed by atoms with E-state index in [4.69, 9.17) is 4.74 Å². The summed E-state index contributed by atoms with van der Waals surface area (Å²) >= 11 is 1.09. The van der Waals surface area contributed by atoms with Gasteiger partial charge in [-0.05, 0) is 19.4 Å². The Morgan fingerprint density at radius 1 is 1.30 bits per heavy atom. The zero-order valence-corrected chi connectivity index (χ0v) is 12.8. The minimum Gasteiger partial charge on any atom is -0.374 e. The minimum atomic E-state index is -4.41. The van der Waals surface area contributed by atoms with E-state index < -0.39 is 11.9 Å². The number of methoxy groups -OCH3 is 1. The van der Waals surface area contributed by atoms with Gasteiger partial charge < -0.3 is 10.1 Å². The maximum Gasteiger partial charge on any atom is 0.434 e. The number of aromatic nitrogens is 1. The van der Waals surface area contributed by atoms with Crippen molar-refractivity contribution in [3.8, 4) is 0 Å². The second-order valence-electron chi connectivity index (χ2n) is 4.51. The van der Waals surface area contributed by atoms with Crippen molar-refractivity contribution in [2.24, 2.45) is 0 Å². The van der Waals surface area contributed by atoms with Crippen LogP contribution in [0.25, 0.3) is 0 Å². The van der Waals surface area contributed by atoms with Crippen LogP contribution in [0.4, 0.5) is 13.2 Å². The summed E-state index contributed by atoms with van der Waals surface area (Å²) in [5.74, 6) is 0. The fourth-order valence-electron chi connectivity index (χ4n) is 1.83. The van der Waals surface area contributed by atoms with Crippen LogP contribution in [0.5, 0.6) is 0 Å². The lowest BCUT2D eigenvalue weighted by atomic mass is 10.2. The van der Waals surface area contributed by atoms with Gasteiger partial charge in [-0.1, -0.05) is 20.3 Å². The maximum atomic E-state index is 13.0. The molecule has 20 heavy (non-hydrogen) atoms. The zero-order valence-electron chi connectivity index (χ0n) is 12.0. The van der Waals surface area contributed by atoms with E-state index in [0.717, 1.165) is 24.2 Å². The Morgan fingerprint density at radius 3 is 2.50 bits per heavy atom. The summed E-state index contributed by atoms with van der Waals surface area (Å²) in [6.45, 7) is 4.82. The van der Waals surface area contributed by atoms with Crippen LogP contribution < -0.4 is 5.32 Å². The molecule has 0 saturated carbocycles. The average Bonchev–Trinajstić information content (AvgIpc) is 2.80. The molecule has 0 bridgehead atoms. The molecule has 7 heteroatoms. The molecule has 0 aliphatic carbocycles. The first kappa shape index (κ1) is 17.4. The molecule has 1 heterocycles. The quantitative estimate of drug-likeness (QED) is 0.732. The molecule has 116 valence electrons. The van der Waals surface area contributed by atoms with E-state index >= 15 is 0 Å². The van der Waals surface area contributed by atoms with Gasteiger partial charge in [0.05, 0.1) is 4.88 Å². The van der Waals surface area contributed by atoms with Crippen molar-refractivity contribution in [3.63, 3.8) is 0 Å². The first-order chi connectivity index (χ1) is 9.43. The third kappa shape index (κ3) is 4.71. The van der Waals surface area contributed by atoms with Gasteiger partial charge in [0.2, 0.25) is 0 Å². The van der Waals surface area contributed by atoms with E-state index in [1.807, 2.05) is 13.8 Å². The largest absolute Gasteiger partial charge is 0.434 e. The monoisotopic (exact) mass is 310 g/mol. The molecule has 3 nitrogen and oxygen atoms in total. The third-order valence-corrected chi connectivity index (χ3v) is 3.95. The van der Waals surface area contributed by atoms with Crippen molar-refractivity contribution in [1.82, 2.24) is 10.3 Å². The van der Waals surface area contributed by atoms with Crippen LogP contribution in [0.2, 0.25) is 0 Å². The molecule has 0 spiro atoms. The molecular weight excluding hydrogens is 289 g/mol. The topological polar surface area (TPSA) is 34.1 Å². The highest BCUT2D eigenvalue weighted by Crippen LogP contribution is 2.37. The first-order valence-corrected chi connectivity index (χ1v) is 7.55. The predicted molar refractivity (Wildman–Crippen MR) is 73.8 cm³/mol. The normalized spacial score (nSPS) is 13.7. The summed E-state index contributed by atoms with van der Waals surface area (Å²) in [5.41, 5.74) is -0.778. The van der Waals surface area contributed by atoms with Gasteiger partial charge in [0.25, 0.3) is 0 Å². The van der Waals surface area contributed by atoms with Gasteiger partial charge in [-0.3, -0.25) is 0 Å². The molecule has 1 N–H and O–H groups in total. The summed E-state index contributed by atoms with van der Waals surface area (Å²) in [5, 5.41) is 3.41. The molecule has 0 aromatic carbocycles. The van der Waals surface area contributed by atoms with Gasteiger partial charge in [-0.25, -0.2) is 4.98 Å².